The van der Waals surface area contributed by atoms with Gasteiger partial charge in [-0.25, -0.2) is 0 Å². The highest BCUT2D eigenvalue weighted by Gasteiger charge is 1.84. The van der Waals surface area contributed by atoms with Crippen LogP contribution in [0.15, 0.2) is 48.6 Å². The second kappa shape index (κ2) is 7.05. The molecule has 12 heavy (non-hydrogen) atoms. The summed E-state index contributed by atoms with van der Waals surface area (Å²) in [5.74, 6) is 0. The predicted molar refractivity (Wildman–Crippen MR) is 47.8 cm³/mol. The van der Waals surface area contributed by atoms with E-state index in [0.29, 0.717) is 0 Å². The highest BCUT2D eigenvalue weighted by molar-refractivity contribution is 5.38. The Balaban J connectivity index is 4.14. The van der Waals surface area contributed by atoms with E-state index < -0.39 is 0 Å². The molecule has 0 saturated heterocycles. The van der Waals surface area contributed by atoms with Gasteiger partial charge in [-0.2, -0.15) is 10.5 Å². The molecule has 0 fully saturated rings. The Morgan fingerprint density at radius 2 is 1.58 bits per heavy atom. The number of nitriles is 2. The number of hydrogen-bond donors (Lipinski definition) is 0. The van der Waals surface area contributed by atoms with E-state index in [1.165, 1.54) is 6.08 Å². The fourth-order valence-corrected chi connectivity index (χ4v) is 0.458. The zero-order valence-corrected chi connectivity index (χ0v) is 6.57. The van der Waals surface area contributed by atoms with E-state index >= 15 is 0 Å². The third-order valence-electron chi connectivity index (χ3n) is 0.973. The number of nitrogens with zero attached hydrogens (tertiary/aromatic N) is 2. The second-order valence-corrected chi connectivity index (χ2v) is 1.81. The SMILES string of the molecule is C=CC=CC=CC=C(C#N)C#N. The minimum Gasteiger partial charge on any atom is -0.192 e. The first-order valence-electron chi connectivity index (χ1n) is 3.31. The Bertz CT molecular complexity index is 290. The zero-order valence-electron chi connectivity index (χ0n) is 6.57. The molecule has 0 bridgehead atoms. The van der Waals surface area contributed by atoms with Crippen molar-refractivity contribution < 1.29 is 0 Å². The third kappa shape index (κ3) is 4.78. The van der Waals surface area contributed by atoms with Crippen LogP contribution in [0.25, 0.3) is 0 Å². The molecule has 0 saturated carbocycles. The molecule has 0 unspecified atom stereocenters. The van der Waals surface area contributed by atoms with Crippen LogP contribution in [0.3, 0.4) is 0 Å². The van der Waals surface area contributed by atoms with Gasteiger partial charge < -0.3 is 0 Å². The molecule has 0 aliphatic carbocycles. The lowest BCUT2D eigenvalue weighted by Gasteiger charge is -1.74. The van der Waals surface area contributed by atoms with Gasteiger partial charge in [-0.15, -0.1) is 0 Å². The van der Waals surface area contributed by atoms with Crippen LogP contribution < -0.4 is 0 Å². The fourth-order valence-electron chi connectivity index (χ4n) is 0.458. The Morgan fingerprint density at radius 3 is 2.08 bits per heavy atom. The first-order valence-corrected chi connectivity index (χ1v) is 3.31. The summed E-state index contributed by atoms with van der Waals surface area (Å²) in [6.45, 7) is 3.48. The van der Waals surface area contributed by atoms with Crippen LogP contribution in [0.5, 0.6) is 0 Å². The van der Waals surface area contributed by atoms with Gasteiger partial charge in [0.15, 0.2) is 0 Å². The maximum absolute atomic E-state index is 8.32. The molecule has 0 aliphatic heterocycles. The summed E-state index contributed by atoms with van der Waals surface area (Å²) >= 11 is 0. The van der Waals surface area contributed by atoms with E-state index in [1.807, 2.05) is 0 Å². The maximum atomic E-state index is 8.32. The molecule has 0 rings (SSSR count). The summed E-state index contributed by atoms with van der Waals surface area (Å²) in [4.78, 5) is 0. The monoisotopic (exact) mass is 156 g/mol. The number of rotatable bonds is 3. The first kappa shape index (κ1) is 9.94. The highest BCUT2D eigenvalue weighted by Crippen LogP contribution is 1.89. The number of hydrogen-bond acceptors (Lipinski definition) is 2. The molecule has 0 amide bonds. The highest BCUT2D eigenvalue weighted by atomic mass is 14.3. The average molecular weight is 156 g/mol. The Labute approximate surface area is 72.1 Å². The van der Waals surface area contributed by atoms with Gasteiger partial charge in [-0.3, -0.25) is 0 Å². The predicted octanol–water partition coefficient (Wildman–Crippen LogP) is 2.26. The standard InChI is InChI=1S/C10H8N2/c1-2-3-4-5-6-7-10(8-11)9-12/h2-7H,1H2. The summed E-state index contributed by atoms with van der Waals surface area (Å²) in [7, 11) is 0. The molecule has 0 radical (unpaired) electrons. The molecule has 0 aromatic rings. The normalized spacial score (nSPS) is 9.17. The molecule has 0 heterocycles. The van der Waals surface area contributed by atoms with Crippen molar-refractivity contribution in [3.63, 3.8) is 0 Å². The van der Waals surface area contributed by atoms with E-state index in [-0.39, 0.29) is 5.57 Å². The van der Waals surface area contributed by atoms with Crippen LogP contribution in [-0.4, -0.2) is 0 Å². The van der Waals surface area contributed by atoms with E-state index in [2.05, 4.69) is 6.58 Å². The van der Waals surface area contributed by atoms with Crippen molar-refractivity contribution in [3.05, 3.63) is 48.6 Å². The molecular formula is C10H8N2. The molecule has 0 spiro atoms. The minimum atomic E-state index is 0.0956. The molecule has 58 valence electrons. The van der Waals surface area contributed by atoms with Crippen molar-refractivity contribution in [3.8, 4) is 12.1 Å². The van der Waals surface area contributed by atoms with Gasteiger partial charge in [-0.05, 0) is 6.08 Å². The van der Waals surface area contributed by atoms with Gasteiger partial charge in [0.25, 0.3) is 0 Å². The van der Waals surface area contributed by atoms with Crippen LogP contribution in [0.1, 0.15) is 0 Å². The van der Waals surface area contributed by atoms with Crippen molar-refractivity contribution in [1.29, 1.82) is 10.5 Å². The molecule has 0 aliphatic rings. The Hall–Kier alpha value is -2.06. The van der Waals surface area contributed by atoms with Crippen molar-refractivity contribution >= 4 is 0 Å². The first-order chi connectivity index (χ1) is 5.85. The largest absolute Gasteiger partial charge is 0.192 e. The van der Waals surface area contributed by atoms with Gasteiger partial charge in [0, 0.05) is 0 Å². The van der Waals surface area contributed by atoms with E-state index in [4.69, 9.17) is 10.5 Å². The summed E-state index contributed by atoms with van der Waals surface area (Å²) in [5.41, 5.74) is 0.0956. The smallest absolute Gasteiger partial charge is 0.129 e. The summed E-state index contributed by atoms with van der Waals surface area (Å²) < 4.78 is 0. The molecule has 2 heteroatoms. The Morgan fingerprint density at radius 1 is 1.00 bits per heavy atom. The van der Waals surface area contributed by atoms with Gasteiger partial charge in [0.2, 0.25) is 0 Å². The number of allylic oxidation sites excluding steroid dienone is 7. The van der Waals surface area contributed by atoms with Crippen LogP contribution in [-0.2, 0) is 0 Å². The lowest BCUT2D eigenvalue weighted by Crippen LogP contribution is -1.66. The molecule has 2 nitrogen and oxygen atoms in total. The van der Waals surface area contributed by atoms with Gasteiger partial charge >= 0.3 is 0 Å². The second-order valence-electron chi connectivity index (χ2n) is 1.81. The van der Waals surface area contributed by atoms with E-state index in [1.54, 1.807) is 42.5 Å². The van der Waals surface area contributed by atoms with E-state index in [9.17, 15) is 0 Å². The van der Waals surface area contributed by atoms with Crippen LogP contribution in [0.4, 0.5) is 0 Å². The molecule has 0 aromatic heterocycles. The summed E-state index contributed by atoms with van der Waals surface area (Å²) in [6, 6.07) is 3.49. The average Bonchev–Trinajstić information content (AvgIpc) is 2.11. The minimum absolute atomic E-state index is 0.0956. The maximum Gasteiger partial charge on any atom is 0.129 e. The lowest BCUT2D eigenvalue weighted by molar-refractivity contribution is 1.46. The third-order valence-corrected chi connectivity index (χ3v) is 0.973. The topological polar surface area (TPSA) is 47.6 Å². The van der Waals surface area contributed by atoms with Gasteiger partial charge in [0.05, 0.1) is 0 Å². The van der Waals surface area contributed by atoms with E-state index in [0.717, 1.165) is 0 Å². The lowest BCUT2D eigenvalue weighted by atomic mass is 10.3. The quantitative estimate of drug-likeness (QED) is 0.464. The van der Waals surface area contributed by atoms with Crippen molar-refractivity contribution in [2.24, 2.45) is 0 Å². The van der Waals surface area contributed by atoms with Crippen LogP contribution in [0.2, 0.25) is 0 Å². The van der Waals surface area contributed by atoms with Gasteiger partial charge in [-0.1, -0.05) is 37.0 Å². The fraction of sp³-hybridized carbons (Fsp3) is 0. The van der Waals surface area contributed by atoms with Crippen molar-refractivity contribution in [2.75, 3.05) is 0 Å². The van der Waals surface area contributed by atoms with Gasteiger partial charge in [0.1, 0.15) is 17.7 Å². The van der Waals surface area contributed by atoms with Crippen molar-refractivity contribution in [2.45, 2.75) is 0 Å². The Kier molecular flexibility index (Phi) is 5.84. The molecule has 0 aromatic carbocycles. The van der Waals surface area contributed by atoms with Crippen molar-refractivity contribution in [1.82, 2.24) is 0 Å². The van der Waals surface area contributed by atoms with Crippen LogP contribution >= 0.6 is 0 Å². The molecule has 0 N–H and O–H groups in total. The molecular weight excluding hydrogens is 148 g/mol. The van der Waals surface area contributed by atoms with Crippen LogP contribution in [0, 0.1) is 22.7 Å². The molecule has 0 atom stereocenters. The summed E-state index contributed by atoms with van der Waals surface area (Å²) in [5, 5.41) is 16.6. The summed E-state index contributed by atoms with van der Waals surface area (Å²) in [6.07, 6.45) is 9.95. The zero-order chi connectivity index (χ0) is 9.23.